The van der Waals surface area contributed by atoms with Crippen LogP contribution in [-0.2, 0) is 16.2 Å². The van der Waals surface area contributed by atoms with E-state index in [0.717, 1.165) is 16.5 Å². The van der Waals surface area contributed by atoms with Gasteiger partial charge < -0.3 is 15.1 Å². The number of hydrogen-bond acceptors (Lipinski definition) is 5. The first-order chi connectivity index (χ1) is 18.0. The van der Waals surface area contributed by atoms with E-state index in [2.05, 4.69) is 15.5 Å². The molecule has 3 aromatic carbocycles. The molecule has 0 radical (unpaired) electrons. The zero-order valence-corrected chi connectivity index (χ0v) is 21.1. The number of hydrogen-bond donors (Lipinski definition) is 1. The third-order valence-corrected chi connectivity index (χ3v) is 6.76. The van der Waals surface area contributed by atoms with Crippen LogP contribution in [0.15, 0.2) is 90.2 Å². The number of nitrogens with one attached hydrogen (secondary N) is 1. The molecule has 186 valence electrons. The summed E-state index contributed by atoms with van der Waals surface area (Å²) in [6.45, 7) is 0.351. The highest BCUT2D eigenvalue weighted by atomic mass is 35.5. The Morgan fingerprint density at radius 3 is 2.65 bits per heavy atom. The molecule has 5 rings (SSSR count). The molecule has 1 atom stereocenters. The number of anilines is 1. The molecule has 0 unspecified atom stereocenters. The highest BCUT2D eigenvalue weighted by Crippen LogP contribution is 2.25. The van der Waals surface area contributed by atoms with E-state index in [1.165, 1.54) is 4.90 Å². The molecule has 1 N–H and O–H groups in total. The van der Waals surface area contributed by atoms with Gasteiger partial charge in [0.1, 0.15) is 12.6 Å². The molecular weight excluding hydrogens is 511 g/mol. The van der Waals surface area contributed by atoms with E-state index in [1.807, 2.05) is 30.3 Å². The van der Waals surface area contributed by atoms with Gasteiger partial charge in [0.2, 0.25) is 5.91 Å². The number of rotatable bonds is 6. The quantitative estimate of drug-likeness (QED) is 0.310. The van der Waals surface area contributed by atoms with Crippen molar-refractivity contribution in [2.45, 2.75) is 19.1 Å². The van der Waals surface area contributed by atoms with Crippen molar-refractivity contribution < 1.29 is 14.4 Å². The van der Waals surface area contributed by atoms with Crippen molar-refractivity contribution in [2.75, 3.05) is 11.9 Å². The number of benzene rings is 3. The second-order valence-corrected chi connectivity index (χ2v) is 9.41. The number of amides is 2. The topological polar surface area (TPSA) is 83.9 Å². The molecule has 1 aromatic heterocycles. The number of pyridine rings is 1. The molecule has 0 bridgehead atoms. The molecule has 2 heterocycles. The average molecular weight is 533 g/mol. The Balaban J connectivity index is 1.34. The number of halogens is 2. The van der Waals surface area contributed by atoms with Crippen molar-refractivity contribution in [2.24, 2.45) is 5.16 Å². The lowest BCUT2D eigenvalue weighted by Crippen LogP contribution is -2.43. The van der Waals surface area contributed by atoms with Crippen molar-refractivity contribution in [3.05, 3.63) is 106 Å². The molecule has 1 saturated heterocycles. The van der Waals surface area contributed by atoms with Gasteiger partial charge >= 0.3 is 0 Å². The van der Waals surface area contributed by atoms with Crippen LogP contribution in [0.25, 0.3) is 10.9 Å². The summed E-state index contributed by atoms with van der Waals surface area (Å²) in [6, 6.07) is 22.6. The standard InChI is InChI=1S/C28H22Cl2N4O3/c29-23-10-8-18(13-24(23)30)17-37-33-22-15-26(34(16-22)28(36)19-5-2-1-3-6-19)27(35)32-21-9-11-25-20(14-21)7-4-12-31-25/h1-14,26H,15-17H2,(H,32,35)/t26-/m0/s1. The maximum absolute atomic E-state index is 13.4. The SMILES string of the molecule is O=C(Nc1ccc2ncccc2c1)[C@@H]1CC(=NOCc2ccc(Cl)c(Cl)c2)CN1C(=O)c1ccccc1. The molecule has 1 fully saturated rings. The van der Waals surface area contributed by atoms with Crippen LogP contribution in [0.5, 0.6) is 0 Å². The van der Waals surface area contributed by atoms with Gasteiger partial charge in [-0.1, -0.05) is 58.7 Å². The van der Waals surface area contributed by atoms with Crippen LogP contribution in [0, 0.1) is 0 Å². The third kappa shape index (κ3) is 5.74. The molecule has 37 heavy (non-hydrogen) atoms. The lowest BCUT2D eigenvalue weighted by Gasteiger charge is -2.23. The van der Waals surface area contributed by atoms with Gasteiger partial charge in [-0.25, -0.2) is 0 Å². The summed E-state index contributed by atoms with van der Waals surface area (Å²) in [5, 5.41) is 8.97. The Morgan fingerprint density at radius 1 is 1.00 bits per heavy atom. The van der Waals surface area contributed by atoms with Crippen molar-refractivity contribution in [3.63, 3.8) is 0 Å². The largest absolute Gasteiger partial charge is 0.391 e. The number of oxime groups is 1. The van der Waals surface area contributed by atoms with Crippen molar-refractivity contribution in [1.82, 2.24) is 9.88 Å². The Morgan fingerprint density at radius 2 is 1.84 bits per heavy atom. The lowest BCUT2D eigenvalue weighted by molar-refractivity contribution is -0.119. The van der Waals surface area contributed by atoms with Crippen molar-refractivity contribution in [3.8, 4) is 0 Å². The minimum atomic E-state index is -0.746. The first kappa shape index (κ1) is 24.7. The minimum Gasteiger partial charge on any atom is -0.391 e. The molecular formula is C28H22Cl2N4O3. The Hall–Kier alpha value is -3.94. The number of carbonyl (C=O) groups excluding carboxylic acids is 2. The normalized spacial score (nSPS) is 16.2. The number of nitrogens with zero attached hydrogens (tertiary/aromatic N) is 3. The monoisotopic (exact) mass is 532 g/mol. The molecule has 7 nitrogen and oxygen atoms in total. The second-order valence-electron chi connectivity index (χ2n) is 8.60. The maximum atomic E-state index is 13.4. The van der Waals surface area contributed by atoms with Crippen LogP contribution < -0.4 is 5.32 Å². The summed E-state index contributed by atoms with van der Waals surface area (Å²) >= 11 is 12.0. The molecule has 0 aliphatic carbocycles. The number of aromatic nitrogens is 1. The van der Waals surface area contributed by atoms with Crippen molar-refractivity contribution >= 4 is 57.3 Å². The van der Waals surface area contributed by atoms with Gasteiger partial charge in [-0.3, -0.25) is 14.6 Å². The Bertz CT molecular complexity index is 1490. The van der Waals surface area contributed by atoms with Gasteiger partial charge in [-0.15, -0.1) is 0 Å². The molecule has 0 saturated carbocycles. The predicted octanol–water partition coefficient (Wildman–Crippen LogP) is 5.97. The van der Waals surface area contributed by atoms with Crippen LogP contribution in [0.4, 0.5) is 5.69 Å². The van der Waals surface area contributed by atoms with Gasteiger partial charge in [0.15, 0.2) is 0 Å². The zero-order valence-electron chi connectivity index (χ0n) is 19.6. The summed E-state index contributed by atoms with van der Waals surface area (Å²) in [7, 11) is 0. The Labute approximate surface area is 223 Å². The van der Waals surface area contributed by atoms with Gasteiger partial charge in [-0.2, -0.15) is 0 Å². The fourth-order valence-corrected chi connectivity index (χ4v) is 4.49. The summed E-state index contributed by atoms with van der Waals surface area (Å²) in [6.07, 6.45) is 1.97. The first-order valence-corrected chi connectivity index (χ1v) is 12.4. The van der Waals surface area contributed by atoms with E-state index >= 15 is 0 Å². The zero-order chi connectivity index (χ0) is 25.8. The Kier molecular flexibility index (Phi) is 7.35. The maximum Gasteiger partial charge on any atom is 0.254 e. The third-order valence-electron chi connectivity index (χ3n) is 6.02. The van der Waals surface area contributed by atoms with Crippen LogP contribution in [0.1, 0.15) is 22.3 Å². The molecule has 4 aromatic rings. The van der Waals surface area contributed by atoms with Crippen molar-refractivity contribution in [1.29, 1.82) is 0 Å². The van der Waals surface area contributed by atoms with E-state index in [9.17, 15) is 9.59 Å². The van der Waals surface area contributed by atoms with Gasteiger partial charge in [0.05, 0.1) is 27.8 Å². The van der Waals surface area contributed by atoms with E-state index in [-0.39, 0.29) is 31.4 Å². The lowest BCUT2D eigenvalue weighted by atomic mass is 10.1. The van der Waals surface area contributed by atoms with E-state index in [0.29, 0.717) is 27.0 Å². The molecule has 2 amide bonds. The highest BCUT2D eigenvalue weighted by molar-refractivity contribution is 6.42. The fourth-order valence-electron chi connectivity index (χ4n) is 4.17. The highest BCUT2D eigenvalue weighted by Gasteiger charge is 2.38. The van der Waals surface area contributed by atoms with Crippen LogP contribution in [0.2, 0.25) is 10.0 Å². The molecule has 1 aliphatic heterocycles. The second kappa shape index (κ2) is 11.0. The van der Waals surface area contributed by atoms with E-state index in [4.69, 9.17) is 28.0 Å². The predicted molar refractivity (Wildman–Crippen MR) is 145 cm³/mol. The van der Waals surface area contributed by atoms with Crippen LogP contribution in [0.3, 0.4) is 0 Å². The van der Waals surface area contributed by atoms with Gasteiger partial charge in [-0.05, 0) is 54.1 Å². The van der Waals surface area contributed by atoms with E-state index < -0.39 is 6.04 Å². The number of carbonyl (C=O) groups is 2. The first-order valence-electron chi connectivity index (χ1n) is 11.6. The number of fused-ring (bicyclic) bond motifs is 1. The van der Waals surface area contributed by atoms with E-state index in [1.54, 1.807) is 54.7 Å². The average Bonchev–Trinajstić information content (AvgIpc) is 3.35. The van der Waals surface area contributed by atoms with Crippen LogP contribution >= 0.6 is 23.2 Å². The minimum absolute atomic E-state index is 0.175. The summed E-state index contributed by atoms with van der Waals surface area (Å²) in [5.41, 5.74) is 3.34. The smallest absolute Gasteiger partial charge is 0.254 e. The molecule has 9 heteroatoms. The van der Waals surface area contributed by atoms with Gasteiger partial charge in [0, 0.05) is 29.3 Å². The summed E-state index contributed by atoms with van der Waals surface area (Å²) < 4.78 is 0. The molecule has 0 spiro atoms. The summed E-state index contributed by atoms with van der Waals surface area (Å²) in [5.74, 6) is -0.555. The molecule has 1 aliphatic rings. The van der Waals surface area contributed by atoms with Crippen LogP contribution in [-0.4, -0.2) is 40.0 Å². The fraction of sp³-hybridized carbons (Fsp3) is 0.143. The van der Waals surface area contributed by atoms with Gasteiger partial charge in [0.25, 0.3) is 5.91 Å². The summed E-state index contributed by atoms with van der Waals surface area (Å²) in [4.78, 5) is 38.0. The number of likely N-dealkylation sites (tertiary alicyclic amines) is 1.